The van der Waals surface area contributed by atoms with Gasteiger partial charge in [0.25, 0.3) is 0 Å². The van der Waals surface area contributed by atoms with Crippen LogP contribution in [0.4, 0.5) is 0 Å². The maximum atomic E-state index is 11.2. The van der Waals surface area contributed by atoms with Crippen LogP contribution in [0.5, 0.6) is 0 Å². The van der Waals surface area contributed by atoms with E-state index in [0.717, 1.165) is 9.26 Å². The van der Waals surface area contributed by atoms with Crippen molar-refractivity contribution in [2.45, 2.75) is 0 Å². The van der Waals surface area contributed by atoms with Gasteiger partial charge in [-0.1, -0.05) is 17.7 Å². The van der Waals surface area contributed by atoms with Crippen LogP contribution in [0.15, 0.2) is 42.7 Å². The molecule has 0 saturated heterocycles. The van der Waals surface area contributed by atoms with Crippen LogP contribution in [-0.2, 0) is 0 Å². The molecule has 0 radical (unpaired) electrons. The summed E-state index contributed by atoms with van der Waals surface area (Å²) in [6, 6.07) is 10.7. The molecule has 0 amide bonds. The predicted molar refractivity (Wildman–Crippen MR) is 85.8 cm³/mol. The van der Waals surface area contributed by atoms with Crippen molar-refractivity contribution < 1.29 is 9.90 Å². The Kier molecular flexibility index (Phi) is 3.39. The number of carbonyl (C=O) groups is 1. The molecule has 100 valence electrons. The summed E-state index contributed by atoms with van der Waals surface area (Å²) >= 11 is 8.44. The number of aromatic carboxylic acids is 1. The van der Waals surface area contributed by atoms with Crippen LogP contribution in [0, 0.1) is 3.57 Å². The van der Waals surface area contributed by atoms with Gasteiger partial charge in [-0.15, -0.1) is 0 Å². The molecule has 0 bridgehead atoms. The fraction of sp³-hybridized carbons (Fsp3) is 0. The number of rotatable bonds is 2. The molecule has 3 aromatic rings. The summed E-state index contributed by atoms with van der Waals surface area (Å²) in [6.07, 6.45) is 1.59. The average Bonchev–Trinajstić information content (AvgIpc) is 2.82. The topological polar surface area (TPSA) is 55.1 Å². The van der Waals surface area contributed by atoms with Gasteiger partial charge >= 0.3 is 5.97 Å². The number of hydrogen-bond acceptors (Lipinski definition) is 2. The highest BCUT2D eigenvalue weighted by Gasteiger charge is 2.14. The van der Waals surface area contributed by atoms with E-state index in [1.165, 1.54) is 6.07 Å². The van der Waals surface area contributed by atoms with E-state index in [4.69, 9.17) is 11.6 Å². The molecule has 1 heterocycles. The number of imidazole rings is 1. The first-order valence-corrected chi connectivity index (χ1v) is 7.18. The van der Waals surface area contributed by atoms with Crippen LogP contribution >= 0.6 is 34.2 Å². The highest BCUT2D eigenvalue weighted by molar-refractivity contribution is 14.1. The van der Waals surface area contributed by atoms with Crippen molar-refractivity contribution in [3.8, 4) is 5.69 Å². The van der Waals surface area contributed by atoms with Gasteiger partial charge in [-0.05, 0) is 52.9 Å². The van der Waals surface area contributed by atoms with Gasteiger partial charge in [0.05, 0.1) is 21.8 Å². The summed E-state index contributed by atoms with van der Waals surface area (Å²) in [4.78, 5) is 15.4. The van der Waals surface area contributed by atoms with Crippen molar-refractivity contribution in [2.75, 3.05) is 0 Å². The molecule has 0 unspecified atom stereocenters. The van der Waals surface area contributed by atoms with Crippen LogP contribution in [0.2, 0.25) is 5.02 Å². The number of carboxylic acid groups (broad SMARTS) is 1. The summed E-state index contributed by atoms with van der Waals surface area (Å²) in [5.41, 5.74) is 2.13. The second kappa shape index (κ2) is 5.06. The van der Waals surface area contributed by atoms with Gasteiger partial charge in [0.15, 0.2) is 0 Å². The van der Waals surface area contributed by atoms with E-state index in [-0.39, 0.29) is 5.56 Å². The third kappa shape index (κ3) is 2.16. The molecule has 0 aliphatic rings. The fourth-order valence-electron chi connectivity index (χ4n) is 2.08. The van der Waals surface area contributed by atoms with Crippen LogP contribution in [-0.4, -0.2) is 20.6 Å². The second-order valence-electron chi connectivity index (χ2n) is 4.19. The molecule has 0 atom stereocenters. The van der Waals surface area contributed by atoms with Gasteiger partial charge in [-0.25, -0.2) is 9.78 Å². The Hall–Kier alpha value is -1.60. The standard InChI is InChI=1S/C14H8ClIN2O2/c15-10-6-8(16)4-5-11(10)18-7-17-13-9(14(19)20)2-1-3-12(13)18/h1-7H,(H,19,20). The fourth-order valence-corrected chi connectivity index (χ4v) is 3.03. The number of hydrogen-bond donors (Lipinski definition) is 1. The van der Waals surface area contributed by atoms with E-state index >= 15 is 0 Å². The molecular weight excluding hydrogens is 391 g/mol. The van der Waals surface area contributed by atoms with Gasteiger partial charge in [-0.2, -0.15) is 0 Å². The first-order valence-electron chi connectivity index (χ1n) is 5.72. The molecule has 6 heteroatoms. The van der Waals surface area contributed by atoms with Crippen LogP contribution in [0.1, 0.15) is 10.4 Å². The zero-order chi connectivity index (χ0) is 14.3. The van der Waals surface area contributed by atoms with Crippen LogP contribution in [0.25, 0.3) is 16.7 Å². The van der Waals surface area contributed by atoms with E-state index in [1.807, 2.05) is 24.3 Å². The Morgan fingerprint density at radius 3 is 2.80 bits per heavy atom. The Labute approximate surface area is 133 Å². The number of benzene rings is 2. The van der Waals surface area contributed by atoms with Crippen molar-refractivity contribution in [2.24, 2.45) is 0 Å². The molecule has 1 aromatic heterocycles. The lowest BCUT2D eigenvalue weighted by atomic mass is 10.2. The van der Waals surface area contributed by atoms with Gasteiger partial charge in [0.2, 0.25) is 0 Å². The molecule has 2 aromatic carbocycles. The van der Waals surface area contributed by atoms with Crippen LogP contribution in [0.3, 0.4) is 0 Å². The smallest absolute Gasteiger partial charge is 0.337 e. The van der Waals surface area contributed by atoms with E-state index in [2.05, 4.69) is 27.6 Å². The molecule has 0 spiro atoms. The number of fused-ring (bicyclic) bond motifs is 1. The number of para-hydroxylation sites is 1. The Morgan fingerprint density at radius 1 is 1.30 bits per heavy atom. The first kappa shape index (κ1) is 13.4. The second-order valence-corrected chi connectivity index (χ2v) is 5.84. The number of aromatic nitrogens is 2. The predicted octanol–water partition coefficient (Wildman–Crippen LogP) is 3.98. The van der Waals surface area contributed by atoms with E-state index in [9.17, 15) is 9.90 Å². The summed E-state index contributed by atoms with van der Waals surface area (Å²) in [7, 11) is 0. The number of carboxylic acids is 1. The number of halogens is 2. The Morgan fingerprint density at radius 2 is 2.10 bits per heavy atom. The largest absolute Gasteiger partial charge is 0.478 e. The minimum atomic E-state index is -0.991. The average molecular weight is 399 g/mol. The lowest BCUT2D eigenvalue weighted by Gasteiger charge is -2.07. The van der Waals surface area contributed by atoms with Gasteiger partial charge < -0.3 is 5.11 Å². The first-order chi connectivity index (χ1) is 9.58. The highest BCUT2D eigenvalue weighted by Crippen LogP contribution is 2.27. The van der Waals surface area contributed by atoms with Gasteiger partial charge in [0, 0.05) is 3.57 Å². The van der Waals surface area contributed by atoms with E-state index < -0.39 is 5.97 Å². The molecular formula is C14H8ClIN2O2. The maximum absolute atomic E-state index is 11.2. The highest BCUT2D eigenvalue weighted by atomic mass is 127. The zero-order valence-electron chi connectivity index (χ0n) is 10.0. The summed E-state index contributed by atoms with van der Waals surface area (Å²) in [5.74, 6) is -0.991. The SMILES string of the molecule is O=C(O)c1cccc2c1ncn2-c1ccc(I)cc1Cl. The monoisotopic (exact) mass is 398 g/mol. The molecule has 0 aliphatic carbocycles. The van der Waals surface area contributed by atoms with Crippen LogP contribution < -0.4 is 0 Å². The summed E-state index contributed by atoms with van der Waals surface area (Å²) in [6.45, 7) is 0. The van der Waals surface area contributed by atoms with Gasteiger partial charge in [-0.3, -0.25) is 4.57 Å². The van der Waals surface area contributed by atoms with Gasteiger partial charge in [0.1, 0.15) is 11.8 Å². The molecule has 3 rings (SSSR count). The minimum absolute atomic E-state index is 0.183. The van der Waals surface area contributed by atoms with Crippen molar-refractivity contribution in [3.63, 3.8) is 0 Å². The third-order valence-corrected chi connectivity index (χ3v) is 3.95. The Bertz CT molecular complexity index is 829. The quantitative estimate of drug-likeness (QED) is 0.664. The normalized spacial score (nSPS) is 10.9. The molecule has 20 heavy (non-hydrogen) atoms. The van der Waals surface area contributed by atoms with E-state index in [1.54, 1.807) is 17.0 Å². The third-order valence-electron chi connectivity index (χ3n) is 2.98. The van der Waals surface area contributed by atoms with Crippen molar-refractivity contribution in [1.82, 2.24) is 9.55 Å². The summed E-state index contributed by atoms with van der Waals surface area (Å²) < 4.78 is 2.83. The minimum Gasteiger partial charge on any atom is -0.478 e. The molecule has 1 N–H and O–H groups in total. The molecule has 0 saturated carbocycles. The maximum Gasteiger partial charge on any atom is 0.337 e. The molecule has 0 fully saturated rings. The van der Waals surface area contributed by atoms with Crippen molar-refractivity contribution >= 4 is 51.2 Å². The van der Waals surface area contributed by atoms with Crippen molar-refractivity contribution in [1.29, 1.82) is 0 Å². The number of nitrogens with zero attached hydrogens (tertiary/aromatic N) is 2. The lowest BCUT2D eigenvalue weighted by molar-refractivity contribution is 0.0699. The van der Waals surface area contributed by atoms with Crippen molar-refractivity contribution in [3.05, 3.63) is 56.9 Å². The van der Waals surface area contributed by atoms with E-state index in [0.29, 0.717) is 16.1 Å². The lowest BCUT2D eigenvalue weighted by Crippen LogP contribution is -1.98. The zero-order valence-corrected chi connectivity index (χ0v) is 13.0. The molecule has 4 nitrogen and oxygen atoms in total. The molecule has 0 aliphatic heterocycles. The Balaban J connectivity index is 2.28. The summed E-state index contributed by atoms with van der Waals surface area (Å²) in [5, 5.41) is 9.77.